The number of nitrogens with one attached hydrogen (secondary N) is 2. The number of amides is 2. The Morgan fingerprint density at radius 1 is 1.06 bits per heavy atom. The second-order valence-corrected chi connectivity index (χ2v) is 6.98. The highest BCUT2D eigenvalue weighted by Crippen LogP contribution is 2.28. The molecule has 0 unspecified atom stereocenters. The number of nitriles is 1. The van der Waals surface area contributed by atoms with Gasteiger partial charge in [0, 0.05) is 11.3 Å². The van der Waals surface area contributed by atoms with Crippen LogP contribution in [0.1, 0.15) is 16.7 Å². The van der Waals surface area contributed by atoms with Crippen LogP contribution in [-0.4, -0.2) is 25.1 Å². The van der Waals surface area contributed by atoms with Crippen molar-refractivity contribution in [1.82, 2.24) is 5.43 Å². The highest BCUT2D eigenvalue weighted by atomic mass is 19.1. The molecular weight excluding hydrogens is 439 g/mol. The number of halogens is 1. The van der Waals surface area contributed by atoms with E-state index in [9.17, 15) is 14.0 Å². The first-order valence-electron chi connectivity index (χ1n) is 10.1. The minimum absolute atomic E-state index is 0.0304. The lowest BCUT2D eigenvalue weighted by Gasteiger charge is -2.11. The minimum Gasteiger partial charge on any atom is -0.493 e. The fourth-order valence-electron chi connectivity index (χ4n) is 2.86. The van der Waals surface area contributed by atoms with E-state index in [1.54, 1.807) is 60.7 Å². The fourth-order valence-corrected chi connectivity index (χ4v) is 2.86. The Balaban J connectivity index is 1.55. The van der Waals surface area contributed by atoms with Gasteiger partial charge in [0.25, 0.3) is 0 Å². The highest BCUT2D eigenvalue weighted by Gasteiger charge is 2.13. The third-order valence-electron chi connectivity index (χ3n) is 4.61. The van der Waals surface area contributed by atoms with E-state index >= 15 is 0 Å². The molecule has 8 nitrogen and oxygen atoms in total. The van der Waals surface area contributed by atoms with Crippen LogP contribution in [-0.2, 0) is 22.6 Å². The number of hydrazone groups is 1. The second kappa shape index (κ2) is 11.8. The molecule has 0 aliphatic rings. The standard InChI is InChI=1S/C25H21FN4O4/c1-33-23-14-18(8-11-22(23)34-16-19-4-2-3-5-21(19)26)15-28-30-25(32)24(31)29-20-9-6-17(7-10-20)12-13-27/h2-11,14-15H,12,16H2,1H3,(H,29,31)(H,30,32). The van der Waals surface area contributed by atoms with Crippen LogP contribution in [0.25, 0.3) is 0 Å². The summed E-state index contributed by atoms with van der Waals surface area (Å²) >= 11 is 0. The van der Waals surface area contributed by atoms with Crippen molar-refractivity contribution >= 4 is 23.7 Å². The van der Waals surface area contributed by atoms with Crippen LogP contribution in [0.15, 0.2) is 71.8 Å². The van der Waals surface area contributed by atoms with Crippen LogP contribution < -0.4 is 20.2 Å². The van der Waals surface area contributed by atoms with Crippen molar-refractivity contribution in [2.75, 3.05) is 12.4 Å². The maximum atomic E-state index is 13.8. The molecule has 2 N–H and O–H groups in total. The average Bonchev–Trinajstić information content (AvgIpc) is 2.85. The van der Waals surface area contributed by atoms with E-state index in [4.69, 9.17) is 14.7 Å². The van der Waals surface area contributed by atoms with Gasteiger partial charge in [0.05, 0.1) is 25.8 Å². The lowest BCUT2D eigenvalue weighted by Crippen LogP contribution is -2.32. The Kier molecular flexibility index (Phi) is 8.30. The van der Waals surface area contributed by atoms with Gasteiger partial charge in [0.2, 0.25) is 0 Å². The van der Waals surface area contributed by atoms with Gasteiger partial charge in [-0.1, -0.05) is 30.3 Å². The Hall–Kier alpha value is -4.71. The van der Waals surface area contributed by atoms with Crippen molar-refractivity contribution in [2.45, 2.75) is 13.0 Å². The maximum Gasteiger partial charge on any atom is 0.329 e. The molecule has 0 atom stereocenters. The van der Waals surface area contributed by atoms with Gasteiger partial charge >= 0.3 is 11.8 Å². The van der Waals surface area contributed by atoms with Crippen molar-refractivity contribution < 1.29 is 23.5 Å². The molecule has 0 heterocycles. The zero-order valence-corrected chi connectivity index (χ0v) is 18.2. The van der Waals surface area contributed by atoms with Gasteiger partial charge in [-0.05, 0) is 47.5 Å². The number of hydrogen-bond acceptors (Lipinski definition) is 6. The number of hydrogen-bond donors (Lipinski definition) is 2. The molecule has 0 aliphatic carbocycles. The molecule has 3 rings (SSSR count). The molecule has 0 bridgehead atoms. The summed E-state index contributed by atoms with van der Waals surface area (Å²) in [5.74, 6) is -1.40. The van der Waals surface area contributed by atoms with Crippen molar-refractivity contribution in [3.63, 3.8) is 0 Å². The molecule has 0 radical (unpaired) electrons. The summed E-state index contributed by atoms with van der Waals surface area (Å²) < 4.78 is 24.7. The first-order valence-corrected chi connectivity index (χ1v) is 10.1. The number of benzene rings is 3. The van der Waals surface area contributed by atoms with Crippen molar-refractivity contribution in [3.8, 4) is 17.6 Å². The van der Waals surface area contributed by atoms with E-state index in [0.717, 1.165) is 5.56 Å². The summed E-state index contributed by atoms with van der Waals surface area (Å²) in [5.41, 5.74) is 4.35. The number of nitrogens with zero attached hydrogens (tertiary/aromatic N) is 2. The van der Waals surface area contributed by atoms with Crippen LogP contribution in [0, 0.1) is 17.1 Å². The summed E-state index contributed by atoms with van der Waals surface area (Å²) in [6, 6.07) is 19.8. The Morgan fingerprint density at radius 2 is 1.82 bits per heavy atom. The average molecular weight is 460 g/mol. The molecule has 172 valence electrons. The van der Waals surface area contributed by atoms with Crippen LogP contribution in [0.5, 0.6) is 11.5 Å². The molecule has 0 spiro atoms. The zero-order chi connectivity index (χ0) is 24.3. The normalized spacial score (nSPS) is 10.4. The van der Waals surface area contributed by atoms with Crippen molar-refractivity contribution in [2.24, 2.45) is 5.10 Å². The molecule has 3 aromatic carbocycles. The topological polar surface area (TPSA) is 113 Å². The summed E-state index contributed by atoms with van der Waals surface area (Å²) in [5, 5.41) is 14.9. The molecule has 3 aromatic rings. The monoisotopic (exact) mass is 460 g/mol. The molecular formula is C25H21FN4O4. The largest absolute Gasteiger partial charge is 0.493 e. The first kappa shape index (κ1) is 23.9. The Morgan fingerprint density at radius 3 is 2.53 bits per heavy atom. The van der Waals surface area contributed by atoms with Gasteiger partial charge in [-0.25, -0.2) is 9.82 Å². The van der Waals surface area contributed by atoms with E-state index in [2.05, 4.69) is 15.8 Å². The summed E-state index contributed by atoms with van der Waals surface area (Å²) in [4.78, 5) is 24.0. The number of ether oxygens (including phenoxy) is 2. The van der Waals surface area contributed by atoms with E-state index < -0.39 is 11.8 Å². The SMILES string of the molecule is COc1cc(C=NNC(=O)C(=O)Nc2ccc(CC#N)cc2)ccc1OCc1ccccc1F. The van der Waals surface area contributed by atoms with E-state index in [0.29, 0.717) is 28.3 Å². The van der Waals surface area contributed by atoms with Crippen LogP contribution in [0.3, 0.4) is 0 Å². The first-order chi connectivity index (χ1) is 16.5. The van der Waals surface area contributed by atoms with Gasteiger partial charge in [-0.2, -0.15) is 10.4 Å². The second-order valence-electron chi connectivity index (χ2n) is 6.98. The van der Waals surface area contributed by atoms with Crippen LogP contribution in [0.2, 0.25) is 0 Å². The summed E-state index contributed by atoms with van der Waals surface area (Å²) in [7, 11) is 1.46. The number of anilines is 1. The summed E-state index contributed by atoms with van der Waals surface area (Å²) in [6.45, 7) is 0.0304. The number of carbonyl (C=O) groups is 2. The van der Waals surface area contributed by atoms with Gasteiger partial charge in [-0.15, -0.1) is 0 Å². The molecule has 2 amide bonds. The van der Waals surface area contributed by atoms with E-state index in [-0.39, 0.29) is 18.8 Å². The Bertz CT molecular complexity index is 1240. The molecule has 0 aliphatic heterocycles. The van der Waals surface area contributed by atoms with Gasteiger partial charge in [0.1, 0.15) is 12.4 Å². The van der Waals surface area contributed by atoms with Crippen LogP contribution in [0.4, 0.5) is 10.1 Å². The lowest BCUT2D eigenvalue weighted by atomic mass is 10.1. The summed E-state index contributed by atoms with van der Waals surface area (Å²) in [6.07, 6.45) is 1.60. The van der Waals surface area contributed by atoms with E-state index in [1.807, 2.05) is 6.07 Å². The van der Waals surface area contributed by atoms with Crippen molar-refractivity contribution in [1.29, 1.82) is 5.26 Å². The smallest absolute Gasteiger partial charge is 0.329 e. The molecule has 0 aromatic heterocycles. The van der Waals surface area contributed by atoms with Gasteiger partial charge < -0.3 is 14.8 Å². The predicted molar refractivity (Wildman–Crippen MR) is 124 cm³/mol. The fraction of sp³-hybridized carbons (Fsp3) is 0.120. The van der Waals surface area contributed by atoms with Gasteiger partial charge in [0.15, 0.2) is 11.5 Å². The molecule has 34 heavy (non-hydrogen) atoms. The predicted octanol–water partition coefficient (Wildman–Crippen LogP) is 3.57. The van der Waals surface area contributed by atoms with Crippen molar-refractivity contribution in [3.05, 3.63) is 89.2 Å². The van der Waals surface area contributed by atoms with E-state index in [1.165, 1.54) is 19.4 Å². The Labute approximate surface area is 195 Å². The highest BCUT2D eigenvalue weighted by molar-refractivity contribution is 6.39. The zero-order valence-electron chi connectivity index (χ0n) is 18.2. The molecule has 0 saturated heterocycles. The third kappa shape index (κ3) is 6.64. The number of carbonyl (C=O) groups excluding carboxylic acids is 2. The number of methoxy groups -OCH3 is 1. The third-order valence-corrected chi connectivity index (χ3v) is 4.61. The lowest BCUT2D eigenvalue weighted by molar-refractivity contribution is -0.136. The molecule has 0 fully saturated rings. The molecule has 9 heteroatoms. The number of rotatable bonds is 8. The van der Waals surface area contributed by atoms with Gasteiger partial charge in [-0.3, -0.25) is 9.59 Å². The van der Waals surface area contributed by atoms with Crippen LogP contribution >= 0.6 is 0 Å². The molecule has 0 saturated carbocycles. The minimum atomic E-state index is -0.950. The maximum absolute atomic E-state index is 13.8. The quantitative estimate of drug-likeness (QED) is 0.303.